The molecule has 2 atom stereocenters. The smallest absolute Gasteiger partial charge is 0.408 e. The van der Waals surface area contributed by atoms with Gasteiger partial charge in [0.25, 0.3) is 0 Å². The van der Waals surface area contributed by atoms with E-state index in [-0.39, 0.29) is 44.7 Å². The minimum atomic E-state index is -1.21. The second-order valence-electron chi connectivity index (χ2n) is 9.58. The Morgan fingerprint density at radius 2 is 1.68 bits per heavy atom. The summed E-state index contributed by atoms with van der Waals surface area (Å²) in [7, 11) is 0. The number of amides is 4. The first-order valence-electron chi connectivity index (χ1n) is 12.6. The molecule has 4 amide bonds. The largest absolute Gasteiger partial charge is 0.508 e. The molecule has 12 heteroatoms. The molecule has 1 aromatic carbocycles. The molecule has 5 N–H and O–H groups in total. The van der Waals surface area contributed by atoms with Crippen LogP contribution < -0.4 is 16.4 Å². The molecule has 0 aliphatic heterocycles. The van der Waals surface area contributed by atoms with Gasteiger partial charge in [0.15, 0.2) is 0 Å². The van der Waals surface area contributed by atoms with Crippen LogP contribution in [0, 0.1) is 0 Å². The Hall–Kier alpha value is -3.83. The zero-order valence-electron chi connectivity index (χ0n) is 22.7. The van der Waals surface area contributed by atoms with Crippen molar-refractivity contribution in [3.63, 3.8) is 0 Å². The van der Waals surface area contributed by atoms with Gasteiger partial charge in [-0.15, -0.1) is 0 Å². The third-order valence-electron chi connectivity index (χ3n) is 5.12. The lowest BCUT2D eigenvalue weighted by atomic mass is 10.0. The highest BCUT2D eigenvalue weighted by Crippen LogP contribution is 2.25. The number of rotatable bonds is 14. The van der Waals surface area contributed by atoms with Crippen molar-refractivity contribution < 1.29 is 38.6 Å². The summed E-state index contributed by atoms with van der Waals surface area (Å²) >= 11 is 0. The SMILES string of the molecule is CCCN(C(=O)C(CCC(N)=O)NC(=O)OC(C)(C)C)C(C(=O)NCCC(=O)OCC)c1ccc(O)cc1. The predicted octanol–water partition coefficient (Wildman–Crippen LogP) is 1.90. The molecule has 0 aliphatic carbocycles. The zero-order chi connectivity index (χ0) is 28.9. The van der Waals surface area contributed by atoms with Crippen LogP contribution in [0.1, 0.15) is 71.9 Å². The predicted molar refractivity (Wildman–Crippen MR) is 139 cm³/mol. The van der Waals surface area contributed by atoms with Gasteiger partial charge in [-0.1, -0.05) is 19.1 Å². The summed E-state index contributed by atoms with van der Waals surface area (Å²) in [4.78, 5) is 64.2. The van der Waals surface area contributed by atoms with E-state index in [1.54, 1.807) is 27.7 Å². The van der Waals surface area contributed by atoms with Crippen molar-refractivity contribution in [3.05, 3.63) is 29.8 Å². The molecule has 2 unspecified atom stereocenters. The number of phenols is 1. The Bertz CT molecular complexity index is 959. The van der Waals surface area contributed by atoms with E-state index < -0.39 is 47.5 Å². The van der Waals surface area contributed by atoms with Gasteiger partial charge >= 0.3 is 12.1 Å². The Morgan fingerprint density at radius 3 is 2.21 bits per heavy atom. The Labute approximate surface area is 223 Å². The summed E-state index contributed by atoms with van der Waals surface area (Å²) < 4.78 is 10.2. The monoisotopic (exact) mass is 536 g/mol. The Morgan fingerprint density at radius 1 is 1.05 bits per heavy atom. The van der Waals surface area contributed by atoms with Gasteiger partial charge in [0.2, 0.25) is 17.7 Å². The summed E-state index contributed by atoms with van der Waals surface area (Å²) in [6, 6.07) is 3.39. The summed E-state index contributed by atoms with van der Waals surface area (Å²) in [5, 5.41) is 14.9. The average Bonchev–Trinajstić information content (AvgIpc) is 2.81. The van der Waals surface area contributed by atoms with Crippen LogP contribution in [0.4, 0.5) is 4.79 Å². The number of benzene rings is 1. The Kier molecular flexibility index (Phi) is 13.1. The molecular formula is C26H40N4O8. The summed E-state index contributed by atoms with van der Waals surface area (Å²) in [6.07, 6.45) is -0.768. The number of nitrogens with two attached hydrogens (primary N) is 1. The van der Waals surface area contributed by atoms with Crippen molar-refractivity contribution >= 4 is 29.8 Å². The number of hydrogen-bond acceptors (Lipinski definition) is 8. The van der Waals surface area contributed by atoms with Crippen LogP contribution in [-0.4, -0.2) is 71.1 Å². The number of alkyl carbamates (subject to hydrolysis) is 1. The maximum atomic E-state index is 13.8. The molecule has 212 valence electrons. The summed E-state index contributed by atoms with van der Waals surface area (Å²) in [6.45, 7) is 8.78. The van der Waals surface area contributed by atoms with E-state index in [1.165, 1.54) is 29.2 Å². The number of primary amides is 1. The fourth-order valence-electron chi connectivity index (χ4n) is 3.55. The lowest BCUT2D eigenvalue weighted by Crippen LogP contribution is -2.53. The van der Waals surface area contributed by atoms with E-state index in [1.807, 2.05) is 6.92 Å². The van der Waals surface area contributed by atoms with E-state index in [0.29, 0.717) is 12.0 Å². The molecule has 12 nitrogen and oxygen atoms in total. The number of carbonyl (C=O) groups is 5. The highest BCUT2D eigenvalue weighted by molar-refractivity contribution is 5.92. The topological polar surface area (TPSA) is 177 Å². The molecule has 0 aliphatic rings. The zero-order valence-corrected chi connectivity index (χ0v) is 22.7. The van der Waals surface area contributed by atoms with Gasteiger partial charge < -0.3 is 35.8 Å². The molecule has 1 aromatic rings. The van der Waals surface area contributed by atoms with E-state index >= 15 is 0 Å². The minimum absolute atomic E-state index is 0.0261. The standard InChI is InChI=1S/C26H40N4O8/c1-6-16-30(24(35)19(12-13-20(27)32)29-25(36)38-26(3,4)5)22(17-8-10-18(31)11-9-17)23(34)28-15-14-21(33)37-7-2/h8-11,19,22,31H,6-7,12-16H2,1-5H3,(H2,27,32)(H,28,34)(H,29,36). The van der Waals surface area contributed by atoms with E-state index in [0.717, 1.165) is 0 Å². The second-order valence-corrected chi connectivity index (χ2v) is 9.58. The molecule has 0 saturated carbocycles. The lowest BCUT2D eigenvalue weighted by Gasteiger charge is -2.34. The first kappa shape index (κ1) is 32.2. The quantitative estimate of drug-likeness (QED) is 0.260. The fraction of sp³-hybridized carbons (Fsp3) is 0.577. The Balaban J connectivity index is 3.34. The third-order valence-corrected chi connectivity index (χ3v) is 5.12. The van der Waals surface area contributed by atoms with Crippen LogP contribution >= 0.6 is 0 Å². The molecule has 0 fully saturated rings. The molecule has 0 heterocycles. The van der Waals surface area contributed by atoms with E-state index in [2.05, 4.69) is 10.6 Å². The van der Waals surface area contributed by atoms with Crippen molar-refractivity contribution in [1.29, 1.82) is 0 Å². The minimum Gasteiger partial charge on any atom is -0.508 e. The maximum Gasteiger partial charge on any atom is 0.408 e. The number of carbonyl (C=O) groups excluding carboxylic acids is 5. The molecule has 0 radical (unpaired) electrons. The van der Waals surface area contributed by atoms with Crippen molar-refractivity contribution in [3.8, 4) is 5.75 Å². The molecule has 0 saturated heterocycles. The van der Waals surface area contributed by atoms with Crippen LogP contribution in [0.2, 0.25) is 0 Å². The van der Waals surface area contributed by atoms with Crippen molar-refractivity contribution in [1.82, 2.24) is 15.5 Å². The second kappa shape index (κ2) is 15.4. The number of nitrogens with one attached hydrogen (secondary N) is 2. The van der Waals surface area contributed by atoms with Gasteiger partial charge in [0, 0.05) is 19.5 Å². The van der Waals surface area contributed by atoms with Crippen LogP contribution in [0.3, 0.4) is 0 Å². The third kappa shape index (κ3) is 11.5. The van der Waals surface area contributed by atoms with Gasteiger partial charge in [-0.3, -0.25) is 19.2 Å². The van der Waals surface area contributed by atoms with Crippen molar-refractivity contribution in [2.45, 2.75) is 78.0 Å². The van der Waals surface area contributed by atoms with Gasteiger partial charge in [-0.25, -0.2) is 4.79 Å². The highest BCUT2D eigenvalue weighted by Gasteiger charge is 2.36. The number of aromatic hydroxyl groups is 1. The van der Waals surface area contributed by atoms with Crippen LogP contribution in [-0.2, 0) is 28.7 Å². The van der Waals surface area contributed by atoms with E-state index in [4.69, 9.17) is 15.2 Å². The molecule has 38 heavy (non-hydrogen) atoms. The van der Waals surface area contributed by atoms with Crippen molar-refractivity contribution in [2.75, 3.05) is 19.7 Å². The normalized spacial score (nSPS) is 12.6. The molecule has 0 aromatic heterocycles. The van der Waals surface area contributed by atoms with E-state index in [9.17, 15) is 29.1 Å². The molecule has 0 spiro atoms. The first-order chi connectivity index (χ1) is 17.8. The van der Waals surface area contributed by atoms with Crippen LogP contribution in [0.15, 0.2) is 24.3 Å². The maximum absolute atomic E-state index is 13.8. The first-order valence-corrected chi connectivity index (χ1v) is 12.6. The number of ether oxygens (including phenoxy) is 2. The number of phenolic OH excluding ortho intramolecular Hbond substituents is 1. The van der Waals surface area contributed by atoms with Crippen LogP contribution in [0.25, 0.3) is 0 Å². The summed E-state index contributed by atoms with van der Waals surface area (Å²) in [5.41, 5.74) is 4.85. The van der Waals surface area contributed by atoms with Gasteiger partial charge in [0.05, 0.1) is 13.0 Å². The number of nitrogens with zero attached hydrogens (tertiary/aromatic N) is 1. The molecule has 1 rings (SSSR count). The average molecular weight is 537 g/mol. The fourth-order valence-corrected chi connectivity index (χ4v) is 3.55. The highest BCUT2D eigenvalue weighted by atomic mass is 16.6. The van der Waals surface area contributed by atoms with Crippen LogP contribution in [0.5, 0.6) is 5.75 Å². The molecule has 0 bridgehead atoms. The van der Waals surface area contributed by atoms with Gasteiger partial charge in [-0.2, -0.15) is 0 Å². The van der Waals surface area contributed by atoms with Crippen molar-refractivity contribution in [2.24, 2.45) is 5.73 Å². The molecular weight excluding hydrogens is 496 g/mol. The number of hydrogen-bond donors (Lipinski definition) is 4. The van der Waals surface area contributed by atoms with Gasteiger partial charge in [0.1, 0.15) is 23.4 Å². The number of esters is 1. The summed E-state index contributed by atoms with van der Waals surface area (Å²) in [5.74, 6) is -2.38. The van der Waals surface area contributed by atoms with Gasteiger partial charge in [-0.05, 0) is 58.2 Å². The lowest BCUT2D eigenvalue weighted by molar-refractivity contribution is -0.144.